The van der Waals surface area contributed by atoms with E-state index in [0.29, 0.717) is 30.1 Å². The van der Waals surface area contributed by atoms with Crippen molar-refractivity contribution in [2.45, 2.75) is 33.8 Å². The van der Waals surface area contributed by atoms with Crippen LogP contribution in [0.3, 0.4) is 0 Å². The fraction of sp³-hybridized carbons (Fsp3) is 0.692. The van der Waals surface area contributed by atoms with Crippen LogP contribution >= 0.6 is 11.6 Å². The third-order valence-corrected chi connectivity index (χ3v) is 3.03. The molecule has 0 spiro atoms. The average molecular weight is 272 g/mol. The van der Waals surface area contributed by atoms with Gasteiger partial charge in [-0.25, -0.2) is 9.97 Å². The van der Waals surface area contributed by atoms with Gasteiger partial charge in [-0.1, -0.05) is 31.9 Å². The molecule has 1 rings (SSSR count). The van der Waals surface area contributed by atoms with Crippen LogP contribution in [-0.2, 0) is 11.3 Å². The van der Waals surface area contributed by atoms with Gasteiger partial charge >= 0.3 is 0 Å². The van der Waals surface area contributed by atoms with Crippen molar-refractivity contribution in [3.05, 3.63) is 17.0 Å². The molecule has 0 saturated carbocycles. The summed E-state index contributed by atoms with van der Waals surface area (Å²) in [6.07, 6.45) is 1.15. The summed E-state index contributed by atoms with van der Waals surface area (Å²) in [5.41, 5.74) is 0. The third kappa shape index (κ3) is 4.78. The van der Waals surface area contributed by atoms with Crippen molar-refractivity contribution in [1.82, 2.24) is 9.97 Å². The second-order valence-electron chi connectivity index (χ2n) is 4.50. The van der Waals surface area contributed by atoms with Gasteiger partial charge in [0.25, 0.3) is 0 Å². The maximum Gasteiger partial charge on any atom is 0.158 e. The number of hydrogen-bond donors (Lipinski definition) is 0. The molecule has 0 saturated heterocycles. The lowest BCUT2D eigenvalue weighted by atomic mass is 10.1. The maximum atomic E-state index is 6.01. The molecule has 18 heavy (non-hydrogen) atoms. The molecule has 1 heterocycles. The number of hydrogen-bond acceptors (Lipinski definition) is 4. The van der Waals surface area contributed by atoms with Gasteiger partial charge in [-0.3, -0.25) is 0 Å². The Balaban J connectivity index is 2.77. The van der Waals surface area contributed by atoms with Crippen molar-refractivity contribution in [1.29, 1.82) is 0 Å². The van der Waals surface area contributed by atoms with Gasteiger partial charge in [-0.15, -0.1) is 0 Å². The number of halogens is 1. The molecule has 0 amide bonds. The molecule has 1 aromatic rings. The third-order valence-electron chi connectivity index (χ3n) is 2.84. The van der Waals surface area contributed by atoms with E-state index in [9.17, 15) is 0 Å². The van der Waals surface area contributed by atoms with E-state index in [1.807, 2.05) is 14.0 Å². The van der Waals surface area contributed by atoms with Crippen LogP contribution in [0.4, 0.5) is 5.82 Å². The van der Waals surface area contributed by atoms with Crippen LogP contribution in [0.5, 0.6) is 0 Å². The number of aromatic nitrogens is 2. The van der Waals surface area contributed by atoms with Gasteiger partial charge in [0.2, 0.25) is 0 Å². The molecule has 5 heteroatoms. The van der Waals surface area contributed by atoms with Crippen LogP contribution in [0, 0.1) is 5.92 Å². The Morgan fingerprint density at radius 2 is 2.11 bits per heavy atom. The predicted molar refractivity (Wildman–Crippen MR) is 75.1 cm³/mol. The van der Waals surface area contributed by atoms with Crippen LogP contribution in [-0.4, -0.2) is 30.2 Å². The summed E-state index contributed by atoms with van der Waals surface area (Å²) in [5.74, 6) is 2.11. The van der Waals surface area contributed by atoms with Crippen molar-refractivity contribution in [3.63, 3.8) is 0 Å². The van der Waals surface area contributed by atoms with Crippen LogP contribution in [0.2, 0.25) is 5.15 Å². The molecule has 4 nitrogen and oxygen atoms in total. The van der Waals surface area contributed by atoms with Crippen LogP contribution < -0.4 is 4.90 Å². The van der Waals surface area contributed by atoms with E-state index < -0.39 is 0 Å². The minimum atomic E-state index is 0.404. The Morgan fingerprint density at radius 3 is 2.72 bits per heavy atom. The van der Waals surface area contributed by atoms with Gasteiger partial charge in [0, 0.05) is 26.3 Å². The predicted octanol–water partition coefficient (Wildman–Crippen LogP) is 3.15. The topological polar surface area (TPSA) is 38.2 Å². The van der Waals surface area contributed by atoms with E-state index in [1.165, 1.54) is 0 Å². The summed E-state index contributed by atoms with van der Waals surface area (Å²) in [5, 5.41) is 0.464. The van der Waals surface area contributed by atoms with Gasteiger partial charge in [-0.05, 0) is 12.8 Å². The van der Waals surface area contributed by atoms with E-state index in [1.54, 1.807) is 6.07 Å². The Bertz CT molecular complexity index is 373. The molecule has 0 aromatic carbocycles. The minimum absolute atomic E-state index is 0.404. The average Bonchev–Trinajstić information content (AvgIpc) is 2.35. The van der Waals surface area contributed by atoms with E-state index >= 15 is 0 Å². The summed E-state index contributed by atoms with van der Waals surface area (Å²) in [7, 11) is 2.02. The quantitative estimate of drug-likeness (QED) is 0.714. The summed E-state index contributed by atoms with van der Waals surface area (Å²) in [6.45, 7) is 8.36. The normalized spacial score (nSPS) is 12.5. The highest BCUT2D eigenvalue weighted by molar-refractivity contribution is 6.29. The van der Waals surface area contributed by atoms with E-state index in [-0.39, 0.29) is 0 Å². The van der Waals surface area contributed by atoms with Crippen LogP contribution in [0.25, 0.3) is 0 Å². The standard InChI is InChI=1S/C13H22ClN3O/c1-5-10(3)8-17(4)13-7-11(14)15-12(16-13)9-18-6-2/h7,10H,5-6,8-9H2,1-4H3. The second kappa shape index (κ2) is 7.54. The van der Waals surface area contributed by atoms with Crippen molar-refractivity contribution >= 4 is 17.4 Å². The summed E-state index contributed by atoms with van der Waals surface area (Å²) < 4.78 is 5.31. The van der Waals surface area contributed by atoms with Gasteiger partial charge in [0.1, 0.15) is 17.6 Å². The van der Waals surface area contributed by atoms with Gasteiger partial charge in [0.05, 0.1) is 0 Å². The molecule has 0 aliphatic rings. The van der Waals surface area contributed by atoms with Crippen molar-refractivity contribution in [3.8, 4) is 0 Å². The van der Waals surface area contributed by atoms with Gasteiger partial charge < -0.3 is 9.64 Å². The molecule has 0 aliphatic heterocycles. The molecule has 0 radical (unpaired) electrons. The Morgan fingerprint density at radius 1 is 1.39 bits per heavy atom. The van der Waals surface area contributed by atoms with Gasteiger partial charge in [-0.2, -0.15) is 0 Å². The largest absolute Gasteiger partial charge is 0.374 e. The summed E-state index contributed by atoms with van der Waals surface area (Å²) in [4.78, 5) is 10.7. The first-order valence-electron chi connectivity index (χ1n) is 6.39. The Labute approximate surface area is 114 Å². The summed E-state index contributed by atoms with van der Waals surface area (Å²) in [6, 6.07) is 1.79. The molecule has 1 aromatic heterocycles. The van der Waals surface area contributed by atoms with Crippen LogP contribution in [0.1, 0.15) is 33.0 Å². The molecule has 0 aliphatic carbocycles. The number of anilines is 1. The fourth-order valence-electron chi connectivity index (χ4n) is 1.60. The monoisotopic (exact) mass is 271 g/mol. The zero-order valence-corrected chi connectivity index (χ0v) is 12.4. The van der Waals surface area contributed by atoms with Crippen LogP contribution in [0.15, 0.2) is 6.07 Å². The number of nitrogens with zero attached hydrogens (tertiary/aromatic N) is 3. The first-order chi connectivity index (χ1) is 8.56. The minimum Gasteiger partial charge on any atom is -0.374 e. The summed E-state index contributed by atoms with van der Waals surface area (Å²) >= 11 is 6.01. The van der Waals surface area contributed by atoms with Crippen molar-refractivity contribution < 1.29 is 4.74 Å². The first kappa shape index (κ1) is 15.2. The Kier molecular flexibility index (Phi) is 6.36. The molecule has 0 bridgehead atoms. The molecule has 0 fully saturated rings. The zero-order valence-electron chi connectivity index (χ0n) is 11.6. The first-order valence-corrected chi connectivity index (χ1v) is 6.76. The van der Waals surface area contributed by atoms with E-state index in [2.05, 4.69) is 28.7 Å². The molecular formula is C13H22ClN3O. The molecule has 0 N–H and O–H groups in total. The molecular weight excluding hydrogens is 250 g/mol. The number of ether oxygens (including phenoxy) is 1. The molecule has 1 atom stereocenters. The highest BCUT2D eigenvalue weighted by atomic mass is 35.5. The highest BCUT2D eigenvalue weighted by Gasteiger charge is 2.10. The molecule has 1 unspecified atom stereocenters. The van der Waals surface area contributed by atoms with E-state index in [0.717, 1.165) is 18.8 Å². The second-order valence-corrected chi connectivity index (χ2v) is 4.88. The lowest BCUT2D eigenvalue weighted by molar-refractivity contribution is 0.128. The number of rotatable bonds is 7. The smallest absolute Gasteiger partial charge is 0.158 e. The van der Waals surface area contributed by atoms with Crippen molar-refractivity contribution in [2.24, 2.45) is 5.92 Å². The highest BCUT2D eigenvalue weighted by Crippen LogP contribution is 2.17. The lowest BCUT2D eigenvalue weighted by Gasteiger charge is -2.22. The molecule has 102 valence electrons. The van der Waals surface area contributed by atoms with Crippen molar-refractivity contribution in [2.75, 3.05) is 25.1 Å². The van der Waals surface area contributed by atoms with Gasteiger partial charge in [0.15, 0.2) is 5.82 Å². The van der Waals surface area contributed by atoms with E-state index in [4.69, 9.17) is 16.3 Å². The Hall–Kier alpha value is -0.870. The lowest BCUT2D eigenvalue weighted by Crippen LogP contribution is -2.25. The zero-order chi connectivity index (χ0) is 13.5. The fourth-order valence-corrected chi connectivity index (χ4v) is 1.79. The SMILES string of the molecule is CCOCc1nc(Cl)cc(N(C)CC(C)CC)n1. The maximum absolute atomic E-state index is 6.01.